The molecule has 0 aromatic carbocycles. The average Bonchev–Trinajstić information content (AvgIpc) is 2.76. The van der Waals surface area contributed by atoms with E-state index in [2.05, 4.69) is 25.2 Å². The molecule has 0 aliphatic heterocycles. The van der Waals surface area contributed by atoms with E-state index in [1.54, 1.807) is 13.8 Å². The molecule has 0 unspecified atom stereocenters. The van der Waals surface area contributed by atoms with Crippen LogP contribution in [0, 0.1) is 22.7 Å². The Morgan fingerprint density at radius 1 is 1.32 bits per heavy atom. The minimum absolute atomic E-state index is 0.00177. The number of carbonyl (C=O) groups excluding carboxylic acids is 2. The van der Waals surface area contributed by atoms with Crippen molar-refractivity contribution in [2.24, 2.45) is 28.4 Å². The third-order valence-corrected chi connectivity index (χ3v) is 4.08. The van der Waals surface area contributed by atoms with Crippen LogP contribution in [-0.4, -0.2) is 18.4 Å². The molecule has 4 nitrogen and oxygen atoms in total. The largest absolute Gasteiger partial charge is 0.369 e. The maximum Gasteiger partial charge on any atom is 0.224 e. The molecule has 0 aromatic heterocycles. The molecule has 0 saturated heterocycles. The Balaban J connectivity index is 2.62. The van der Waals surface area contributed by atoms with Crippen LogP contribution < -0.4 is 11.1 Å². The summed E-state index contributed by atoms with van der Waals surface area (Å²) in [5, 5.41) is 2.86. The summed E-state index contributed by atoms with van der Waals surface area (Å²) in [4.78, 5) is 23.4. The molecule has 0 bridgehead atoms. The third kappa shape index (κ3) is 3.37. The molecule has 4 heteroatoms. The number of carbonyl (C=O) groups is 2. The maximum atomic E-state index is 12.2. The van der Waals surface area contributed by atoms with E-state index in [1.165, 1.54) is 5.57 Å². The average molecular weight is 266 g/mol. The number of rotatable bonds is 5. The number of nitrogens with one attached hydrogen (secondary N) is 1. The Morgan fingerprint density at radius 3 is 2.26 bits per heavy atom. The fourth-order valence-electron chi connectivity index (χ4n) is 2.35. The Labute approximate surface area is 115 Å². The Morgan fingerprint density at radius 2 is 1.84 bits per heavy atom. The first-order valence-electron chi connectivity index (χ1n) is 6.73. The lowest BCUT2D eigenvalue weighted by Gasteiger charge is -2.20. The lowest BCUT2D eigenvalue weighted by molar-refractivity contribution is -0.127. The summed E-state index contributed by atoms with van der Waals surface area (Å²) < 4.78 is 0. The molecule has 19 heavy (non-hydrogen) atoms. The van der Waals surface area contributed by atoms with Gasteiger partial charge >= 0.3 is 0 Å². The van der Waals surface area contributed by atoms with Crippen LogP contribution in [0.3, 0.4) is 0 Å². The van der Waals surface area contributed by atoms with Crippen LogP contribution in [0.2, 0.25) is 0 Å². The summed E-state index contributed by atoms with van der Waals surface area (Å²) in [6.07, 6.45) is 2.16. The summed E-state index contributed by atoms with van der Waals surface area (Å²) in [5.74, 6) is -0.106. The predicted molar refractivity (Wildman–Crippen MR) is 76.2 cm³/mol. The molecule has 2 amide bonds. The summed E-state index contributed by atoms with van der Waals surface area (Å²) in [7, 11) is 0. The quantitative estimate of drug-likeness (QED) is 0.745. The first-order valence-corrected chi connectivity index (χ1v) is 6.73. The molecule has 3 N–H and O–H groups in total. The molecule has 108 valence electrons. The third-order valence-electron chi connectivity index (χ3n) is 4.08. The highest BCUT2D eigenvalue weighted by atomic mass is 16.2. The number of primary amides is 1. The van der Waals surface area contributed by atoms with Gasteiger partial charge in [-0.25, -0.2) is 0 Å². The number of amides is 2. The van der Waals surface area contributed by atoms with Crippen molar-refractivity contribution in [3.05, 3.63) is 11.6 Å². The standard InChI is InChI=1S/C15H26N2O2/c1-9(2)7-10-11(15(10,5)6)12(18)17-8-14(3,4)13(16)19/h7,10-11H,8H2,1-6H3,(H2,16,19)(H,17,18)/t10-,11-/m0/s1. The van der Waals surface area contributed by atoms with Crippen molar-refractivity contribution in [2.75, 3.05) is 6.54 Å². The van der Waals surface area contributed by atoms with E-state index < -0.39 is 11.3 Å². The van der Waals surface area contributed by atoms with Gasteiger partial charge in [0.15, 0.2) is 0 Å². The van der Waals surface area contributed by atoms with E-state index in [1.807, 2.05) is 13.8 Å². The second-order valence-corrected chi connectivity index (χ2v) is 7.03. The molecule has 2 atom stereocenters. The van der Waals surface area contributed by atoms with Gasteiger partial charge in [0, 0.05) is 6.54 Å². The first kappa shape index (κ1) is 15.7. The summed E-state index contributed by atoms with van der Waals surface area (Å²) in [5.41, 5.74) is 5.81. The second-order valence-electron chi connectivity index (χ2n) is 7.03. The molecule has 1 rings (SSSR count). The first-order chi connectivity index (χ1) is 8.50. The van der Waals surface area contributed by atoms with E-state index in [0.717, 1.165) is 0 Å². The summed E-state index contributed by atoms with van der Waals surface area (Å²) in [6.45, 7) is 12.0. The van der Waals surface area contributed by atoms with E-state index >= 15 is 0 Å². The van der Waals surface area contributed by atoms with Crippen molar-refractivity contribution in [3.63, 3.8) is 0 Å². The number of nitrogens with two attached hydrogens (primary N) is 1. The molecule has 0 heterocycles. The SMILES string of the molecule is CC(C)=C[C@H]1[C@@H](C(=O)NCC(C)(C)C(N)=O)C1(C)C. The van der Waals surface area contributed by atoms with Crippen LogP contribution >= 0.6 is 0 Å². The fraction of sp³-hybridized carbons (Fsp3) is 0.733. The molecule has 0 aromatic rings. The van der Waals surface area contributed by atoms with Crippen LogP contribution in [0.15, 0.2) is 11.6 Å². The van der Waals surface area contributed by atoms with Gasteiger partial charge in [-0.05, 0) is 39.0 Å². The zero-order valence-electron chi connectivity index (χ0n) is 12.8. The molecule has 1 aliphatic rings. The molecule has 1 fully saturated rings. The molecular weight excluding hydrogens is 240 g/mol. The van der Waals surface area contributed by atoms with Crippen molar-refractivity contribution >= 4 is 11.8 Å². The van der Waals surface area contributed by atoms with Gasteiger partial charge < -0.3 is 11.1 Å². The number of hydrogen-bond donors (Lipinski definition) is 2. The van der Waals surface area contributed by atoms with Gasteiger partial charge in [0.25, 0.3) is 0 Å². The molecular formula is C15H26N2O2. The highest BCUT2D eigenvalue weighted by Gasteiger charge is 2.60. The molecule has 1 saturated carbocycles. The van der Waals surface area contributed by atoms with Gasteiger partial charge in [-0.15, -0.1) is 0 Å². The van der Waals surface area contributed by atoms with Crippen LogP contribution in [0.4, 0.5) is 0 Å². The minimum atomic E-state index is -0.708. The normalized spacial score (nSPS) is 24.5. The molecule has 1 aliphatic carbocycles. The predicted octanol–water partition coefficient (Wildman–Crippen LogP) is 1.85. The lowest BCUT2D eigenvalue weighted by Crippen LogP contribution is -2.43. The second kappa shape index (κ2) is 4.99. The smallest absolute Gasteiger partial charge is 0.224 e. The Hall–Kier alpha value is -1.32. The van der Waals surface area contributed by atoms with Gasteiger partial charge in [-0.1, -0.05) is 25.5 Å². The van der Waals surface area contributed by atoms with Gasteiger partial charge in [0.1, 0.15) is 0 Å². The lowest BCUT2D eigenvalue weighted by atomic mass is 9.92. The van der Waals surface area contributed by atoms with Crippen LogP contribution in [0.1, 0.15) is 41.5 Å². The van der Waals surface area contributed by atoms with Crippen molar-refractivity contribution < 1.29 is 9.59 Å². The highest BCUT2D eigenvalue weighted by molar-refractivity contribution is 5.85. The van der Waals surface area contributed by atoms with Gasteiger partial charge in [0.05, 0.1) is 11.3 Å². The maximum absolute atomic E-state index is 12.2. The van der Waals surface area contributed by atoms with Crippen molar-refractivity contribution in [1.82, 2.24) is 5.32 Å². The van der Waals surface area contributed by atoms with Crippen LogP contribution in [-0.2, 0) is 9.59 Å². The van der Waals surface area contributed by atoms with Gasteiger partial charge in [-0.3, -0.25) is 9.59 Å². The van der Waals surface area contributed by atoms with Crippen molar-refractivity contribution in [3.8, 4) is 0 Å². The summed E-state index contributed by atoms with van der Waals surface area (Å²) in [6, 6.07) is 0. The highest BCUT2D eigenvalue weighted by Crippen LogP contribution is 2.59. The van der Waals surface area contributed by atoms with Gasteiger partial charge in [-0.2, -0.15) is 0 Å². The molecule has 0 spiro atoms. The van der Waals surface area contributed by atoms with Gasteiger partial charge in [0.2, 0.25) is 11.8 Å². The number of allylic oxidation sites excluding steroid dienone is 2. The van der Waals surface area contributed by atoms with Crippen molar-refractivity contribution in [2.45, 2.75) is 41.5 Å². The number of hydrogen-bond acceptors (Lipinski definition) is 2. The van der Waals surface area contributed by atoms with E-state index in [-0.39, 0.29) is 29.7 Å². The zero-order chi connectivity index (χ0) is 15.0. The Kier molecular flexibility index (Phi) is 4.13. The van der Waals surface area contributed by atoms with Crippen molar-refractivity contribution in [1.29, 1.82) is 0 Å². The topological polar surface area (TPSA) is 72.2 Å². The van der Waals surface area contributed by atoms with E-state index in [0.29, 0.717) is 0 Å². The molecule has 0 radical (unpaired) electrons. The fourth-order valence-corrected chi connectivity index (χ4v) is 2.35. The van der Waals surface area contributed by atoms with Crippen LogP contribution in [0.25, 0.3) is 0 Å². The van der Waals surface area contributed by atoms with E-state index in [9.17, 15) is 9.59 Å². The zero-order valence-corrected chi connectivity index (χ0v) is 12.8. The minimum Gasteiger partial charge on any atom is -0.369 e. The summed E-state index contributed by atoms with van der Waals surface area (Å²) >= 11 is 0. The monoisotopic (exact) mass is 266 g/mol. The van der Waals surface area contributed by atoms with Crippen LogP contribution in [0.5, 0.6) is 0 Å². The van der Waals surface area contributed by atoms with E-state index in [4.69, 9.17) is 5.73 Å². The Bertz CT molecular complexity index is 418.